The summed E-state index contributed by atoms with van der Waals surface area (Å²) in [7, 11) is -2.26. The van der Waals surface area contributed by atoms with Crippen LogP contribution in [0.5, 0.6) is 0 Å². The van der Waals surface area contributed by atoms with Gasteiger partial charge in [-0.1, -0.05) is 29.3 Å². The molecule has 33 heavy (non-hydrogen) atoms. The Morgan fingerprint density at radius 3 is 2.52 bits per heavy atom. The number of nitrogens with zero attached hydrogens (tertiary/aromatic N) is 2. The van der Waals surface area contributed by atoms with Gasteiger partial charge in [-0.15, -0.1) is 11.3 Å². The van der Waals surface area contributed by atoms with E-state index in [1.54, 1.807) is 37.7 Å². The Kier molecular flexibility index (Phi) is 5.69. The minimum atomic E-state index is -4.02. The molecule has 172 valence electrons. The van der Waals surface area contributed by atoms with Gasteiger partial charge in [0, 0.05) is 29.7 Å². The molecule has 10 heteroatoms. The summed E-state index contributed by atoms with van der Waals surface area (Å²) >= 11 is 14.8. The molecule has 1 aliphatic rings. The van der Waals surface area contributed by atoms with Gasteiger partial charge in [-0.3, -0.25) is 9.40 Å². The van der Waals surface area contributed by atoms with E-state index in [-0.39, 0.29) is 14.9 Å². The maximum Gasteiger partial charge on any atom is 0.264 e. The summed E-state index contributed by atoms with van der Waals surface area (Å²) in [6.07, 6.45) is 1.04. The summed E-state index contributed by atoms with van der Waals surface area (Å²) in [5.74, 6) is 0. The van der Waals surface area contributed by atoms with E-state index in [1.165, 1.54) is 20.5 Å². The molecule has 3 heterocycles. The molecule has 0 radical (unpaired) electrons. The lowest BCUT2D eigenvalue weighted by Gasteiger charge is -2.14. The number of fused-ring (bicyclic) bond motifs is 3. The maximum atomic E-state index is 13.2. The first-order chi connectivity index (χ1) is 15.7. The molecule has 4 aromatic rings. The molecule has 2 aromatic carbocycles. The molecule has 5 rings (SSSR count). The molecule has 0 saturated carbocycles. The average molecular weight is 521 g/mol. The molecule has 2 aromatic heterocycles. The summed E-state index contributed by atoms with van der Waals surface area (Å²) in [4.78, 5) is 1.28. The topological polar surface area (TPSA) is 76.0 Å². The van der Waals surface area contributed by atoms with Crippen LogP contribution in [0.1, 0.15) is 21.8 Å². The normalized spacial score (nSPS) is 14.0. The summed E-state index contributed by atoms with van der Waals surface area (Å²) < 4.78 is 31.8. The van der Waals surface area contributed by atoms with Gasteiger partial charge in [0.25, 0.3) is 10.0 Å². The first-order valence-corrected chi connectivity index (χ1v) is 13.5. The van der Waals surface area contributed by atoms with Crippen LogP contribution < -0.4 is 10.0 Å². The number of hydrogen-bond donors (Lipinski definition) is 2. The summed E-state index contributed by atoms with van der Waals surface area (Å²) in [6.45, 7) is 5.39. The first-order valence-electron chi connectivity index (χ1n) is 10.4. The first kappa shape index (κ1) is 22.7. The number of halogens is 2. The number of aryl methyl sites for hydroxylation is 2. The van der Waals surface area contributed by atoms with Gasteiger partial charge < -0.3 is 5.32 Å². The van der Waals surface area contributed by atoms with Crippen LogP contribution in [0, 0.1) is 13.8 Å². The van der Waals surface area contributed by atoms with E-state index < -0.39 is 10.0 Å². The van der Waals surface area contributed by atoms with E-state index in [1.807, 2.05) is 17.4 Å². The van der Waals surface area contributed by atoms with Crippen LogP contribution in [0.2, 0.25) is 10.0 Å². The summed E-state index contributed by atoms with van der Waals surface area (Å²) in [5, 5.41) is 9.04. The Morgan fingerprint density at radius 1 is 1.12 bits per heavy atom. The standard InChI is InChI=1S/C23H22Cl2N4O2S2/c1-12-22(13(2)29(3)27-12)28-33(30,31)23-18(24)9-15(10-19(23)25)14-4-5-20-16(8-14)17-11-26-7-6-21(17)32-20/h4-5,8-10,26,28H,6-7,11H2,1-3H3. The van der Waals surface area contributed by atoms with Crippen molar-refractivity contribution >= 4 is 60.3 Å². The Hall–Kier alpha value is -2.10. The number of rotatable bonds is 4. The van der Waals surface area contributed by atoms with Crippen molar-refractivity contribution in [3.63, 3.8) is 0 Å². The highest BCUT2D eigenvalue weighted by Crippen LogP contribution is 2.39. The number of nitrogens with one attached hydrogen (secondary N) is 2. The van der Waals surface area contributed by atoms with Crippen LogP contribution in [0.15, 0.2) is 35.2 Å². The van der Waals surface area contributed by atoms with E-state index in [2.05, 4.69) is 27.3 Å². The second-order valence-corrected chi connectivity index (χ2v) is 11.8. The van der Waals surface area contributed by atoms with E-state index in [9.17, 15) is 8.42 Å². The van der Waals surface area contributed by atoms with Crippen LogP contribution >= 0.6 is 34.5 Å². The van der Waals surface area contributed by atoms with E-state index in [4.69, 9.17) is 23.2 Å². The highest BCUT2D eigenvalue weighted by molar-refractivity contribution is 7.93. The minimum absolute atomic E-state index is 0.0679. The number of aromatic nitrogens is 2. The smallest absolute Gasteiger partial charge is 0.264 e. The third-order valence-electron chi connectivity index (χ3n) is 6.05. The Morgan fingerprint density at radius 2 is 1.85 bits per heavy atom. The zero-order valence-electron chi connectivity index (χ0n) is 18.3. The van der Waals surface area contributed by atoms with Crippen LogP contribution in [-0.2, 0) is 30.0 Å². The van der Waals surface area contributed by atoms with Crippen LogP contribution in [0.4, 0.5) is 5.69 Å². The number of benzene rings is 2. The fourth-order valence-electron chi connectivity index (χ4n) is 4.28. The van der Waals surface area contributed by atoms with Crippen molar-refractivity contribution in [1.29, 1.82) is 0 Å². The van der Waals surface area contributed by atoms with Crippen molar-refractivity contribution < 1.29 is 8.42 Å². The van der Waals surface area contributed by atoms with E-state index in [0.29, 0.717) is 17.1 Å². The van der Waals surface area contributed by atoms with Crippen molar-refractivity contribution in [3.8, 4) is 11.1 Å². The van der Waals surface area contributed by atoms with Crippen molar-refractivity contribution in [2.45, 2.75) is 31.7 Å². The lowest BCUT2D eigenvalue weighted by Crippen LogP contribution is -2.21. The predicted octanol–water partition coefficient (Wildman–Crippen LogP) is 5.67. The zero-order chi connectivity index (χ0) is 23.5. The summed E-state index contributed by atoms with van der Waals surface area (Å²) in [6, 6.07) is 9.57. The fraction of sp³-hybridized carbons (Fsp3) is 0.261. The molecule has 0 saturated heterocycles. The van der Waals surface area contributed by atoms with Crippen LogP contribution in [0.3, 0.4) is 0 Å². The third kappa shape index (κ3) is 3.94. The Labute approximate surface area is 206 Å². The molecular weight excluding hydrogens is 499 g/mol. The van der Waals surface area contributed by atoms with Gasteiger partial charge >= 0.3 is 0 Å². The largest absolute Gasteiger partial charge is 0.312 e. The minimum Gasteiger partial charge on any atom is -0.312 e. The fourth-order valence-corrected chi connectivity index (χ4v) is 7.88. The van der Waals surface area contributed by atoms with Crippen molar-refractivity contribution in [2.75, 3.05) is 11.3 Å². The second kappa shape index (κ2) is 8.29. The molecule has 0 atom stereocenters. The molecule has 0 fully saturated rings. The second-order valence-electron chi connectivity index (χ2n) is 8.19. The van der Waals surface area contributed by atoms with Gasteiger partial charge in [-0.25, -0.2) is 8.42 Å². The number of thiophene rings is 1. The highest BCUT2D eigenvalue weighted by Gasteiger charge is 2.26. The van der Waals surface area contributed by atoms with Crippen molar-refractivity contribution in [2.24, 2.45) is 7.05 Å². The molecule has 0 unspecified atom stereocenters. The summed E-state index contributed by atoms with van der Waals surface area (Å²) in [5.41, 5.74) is 4.74. The van der Waals surface area contributed by atoms with Gasteiger partial charge in [0.1, 0.15) is 4.90 Å². The van der Waals surface area contributed by atoms with Gasteiger partial charge in [-0.2, -0.15) is 5.10 Å². The molecule has 0 amide bonds. The lowest BCUT2D eigenvalue weighted by atomic mass is 10.0. The van der Waals surface area contributed by atoms with Gasteiger partial charge in [0.15, 0.2) is 0 Å². The van der Waals surface area contributed by atoms with Crippen molar-refractivity contribution in [1.82, 2.24) is 15.1 Å². The molecule has 1 aliphatic heterocycles. The molecule has 0 spiro atoms. The zero-order valence-corrected chi connectivity index (χ0v) is 21.4. The van der Waals surface area contributed by atoms with Crippen molar-refractivity contribution in [3.05, 3.63) is 62.2 Å². The van der Waals surface area contributed by atoms with Crippen LogP contribution in [0.25, 0.3) is 21.2 Å². The number of sulfonamides is 1. The van der Waals surface area contributed by atoms with Crippen LogP contribution in [-0.4, -0.2) is 24.7 Å². The molecule has 0 aliphatic carbocycles. The Bertz CT molecular complexity index is 1500. The van der Waals surface area contributed by atoms with Gasteiger partial charge in [0.2, 0.25) is 0 Å². The highest BCUT2D eigenvalue weighted by atomic mass is 35.5. The predicted molar refractivity (Wildman–Crippen MR) is 136 cm³/mol. The lowest BCUT2D eigenvalue weighted by molar-refractivity contribution is 0.601. The molecule has 2 N–H and O–H groups in total. The number of hydrogen-bond acceptors (Lipinski definition) is 5. The number of anilines is 1. The van der Waals surface area contributed by atoms with E-state index >= 15 is 0 Å². The molecule has 0 bridgehead atoms. The van der Waals surface area contributed by atoms with Gasteiger partial charge in [-0.05, 0) is 66.6 Å². The third-order valence-corrected chi connectivity index (χ3v) is 9.59. The Balaban J connectivity index is 1.55. The maximum absolute atomic E-state index is 13.2. The average Bonchev–Trinajstić information content (AvgIpc) is 3.24. The molecule has 6 nitrogen and oxygen atoms in total. The van der Waals surface area contributed by atoms with Gasteiger partial charge in [0.05, 0.1) is 27.1 Å². The van der Waals surface area contributed by atoms with E-state index in [0.717, 1.165) is 30.6 Å². The SMILES string of the molecule is Cc1nn(C)c(C)c1NS(=O)(=O)c1c(Cl)cc(-c2ccc3sc4c(c3c2)CNCC4)cc1Cl. The molecular formula is C23H22Cl2N4O2S2. The monoisotopic (exact) mass is 520 g/mol. The quantitative estimate of drug-likeness (QED) is 0.363.